The van der Waals surface area contributed by atoms with Crippen molar-refractivity contribution in [1.29, 1.82) is 5.41 Å². The average molecular weight is 124 g/mol. The lowest BCUT2D eigenvalue weighted by molar-refractivity contribution is 0.564. The Labute approximate surface area is 56.0 Å². The predicted molar refractivity (Wildman–Crippen MR) is 40.8 cm³/mol. The largest absolute Gasteiger partial charge is 0.383 e. The highest BCUT2D eigenvalue weighted by molar-refractivity contribution is 5.67. The highest BCUT2D eigenvalue weighted by Crippen LogP contribution is 1.77. The van der Waals surface area contributed by atoms with Gasteiger partial charge in [0.1, 0.15) is 0 Å². The Kier molecular flexibility index (Phi) is 4.50. The zero-order chi connectivity index (χ0) is 7.11. The number of nitrogens with one attached hydrogen (secondary N) is 1. The average Bonchev–Trinajstić information content (AvgIpc) is 1.80. The normalized spacial score (nSPS) is 10.9. The van der Waals surface area contributed by atoms with Crippen LogP contribution in [0.5, 0.6) is 0 Å². The molecular weight excluding hydrogens is 112 g/mol. The SMILES string of the molecule is CN(C)/C=C/C=C/C=N. The molecule has 0 aliphatic heterocycles. The van der Waals surface area contributed by atoms with Crippen LogP contribution in [0.2, 0.25) is 0 Å². The molecule has 0 bridgehead atoms. The van der Waals surface area contributed by atoms with Gasteiger partial charge in [-0.05, 0) is 18.4 Å². The van der Waals surface area contributed by atoms with Crippen LogP contribution < -0.4 is 0 Å². The first kappa shape index (κ1) is 7.95. The van der Waals surface area contributed by atoms with Gasteiger partial charge in [-0.1, -0.05) is 6.08 Å². The highest BCUT2D eigenvalue weighted by atomic mass is 15.0. The molecule has 50 valence electrons. The van der Waals surface area contributed by atoms with Crippen molar-refractivity contribution in [3.8, 4) is 0 Å². The second kappa shape index (κ2) is 5.09. The molecule has 0 saturated heterocycles. The Hall–Kier alpha value is -1.05. The first-order valence-corrected chi connectivity index (χ1v) is 2.77. The molecule has 1 N–H and O–H groups in total. The van der Waals surface area contributed by atoms with Gasteiger partial charge < -0.3 is 10.3 Å². The van der Waals surface area contributed by atoms with Crippen LogP contribution in [0.25, 0.3) is 0 Å². The fourth-order valence-electron chi connectivity index (χ4n) is 0.342. The molecule has 0 rings (SSSR count). The second-order valence-electron chi connectivity index (χ2n) is 1.86. The molecule has 2 nitrogen and oxygen atoms in total. The summed E-state index contributed by atoms with van der Waals surface area (Å²) in [6, 6.07) is 0. The van der Waals surface area contributed by atoms with Crippen LogP contribution in [-0.4, -0.2) is 25.2 Å². The van der Waals surface area contributed by atoms with E-state index in [0.717, 1.165) is 0 Å². The van der Waals surface area contributed by atoms with E-state index in [2.05, 4.69) is 0 Å². The maximum atomic E-state index is 6.63. The molecule has 2 heteroatoms. The Morgan fingerprint density at radius 1 is 1.11 bits per heavy atom. The maximum absolute atomic E-state index is 6.63. The molecule has 0 aliphatic carbocycles. The molecule has 9 heavy (non-hydrogen) atoms. The summed E-state index contributed by atoms with van der Waals surface area (Å²) >= 11 is 0. The van der Waals surface area contributed by atoms with E-state index < -0.39 is 0 Å². The molecule has 0 fully saturated rings. The number of hydrogen-bond donors (Lipinski definition) is 1. The Bertz CT molecular complexity index is 123. The minimum atomic E-state index is 1.25. The molecule has 0 heterocycles. The van der Waals surface area contributed by atoms with Crippen molar-refractivity contribution in [1.82, 2.24) is 4.90 Å². The predicted octanol–water partition coefficient (Wildman–Crippen LogP) is 1.27. The van der Waals surface area contributed by atoms with Crippen LogP contribution >= 0.6 is 0 Å². The van der Waals surface area contributed by atoms with E-state index in [-0.39, 0.29) is 0 Å². The van der Waals surface area contributed by atoms with E-state index in [1.165, 1.54) is 6.21 Å². The summed E-state index contributed by atoms with van der Waals surface area (Å²) in [5.74, 6) is 0. The minimum absolute atomic E-state index is 1.25. The third-order valence-corrected chi connectivity index (χ3v) is 0.703. The topological polar surface area (TPSA) is 27.1 Å². The van der Waals surface area contributed by atoms with E-state index in [0.29, 0.717) is 0 Å². The van der Waals surface area contributed by atoms with E-state index in [9.17, 15) is 0 Å². The molecule has 0 saturated carbocycles. The summed E-state index contributed by atoms with van der Waals surface area (Å²) in [6.45, 7) is 0. The summed E-state index contributed by atoms with van der Waals surface area (Å²) in [7, 11) is 3.91. The monoisotopic (exact) mass is 124 g/mol. The molecule has 0 aromatic rings. The molecule has 0 aliphatic rings. The summed E-state index contributed by atoms with van der Waals surface area (Å²) in [5, 5.41) is 6.63. The Morgan fingerprint density at radius 2 is 1.78 bits per heavy atom. The van der Waals surface area contributed by atoms with Crippen molar-refractivity contribution in [2.24, 2.45) is 0 Å². The minimum Gasteiger partial charge on any atom is -0.383 e. The standard InChI is InChI=1S/C7H12N2/c1-9(2)7-5-3-4-6-8/h3-8H,1-2H3/b4-3+,7-5+,8-6?. The van der Waals surface area contributed by atoms with Crippen LogP contribution in [-0.2, 0) is 0 Å². The van der Waals surface area contributed by atoms with Crippen molar-refractivity contribution in [2.75, 3.05) is 14.1 Å². The second-order valence-corrected chi connectivity index (χ2v) is 1.86. The molecule has 0 radical (unpaired) electrons. The summed E-state index contributed by atoms with van der Waals surface area (Å²) in [5.41, 5.74) is 0. The smallest absolute Gasteiger partial charge is 0.0177 e. The zero-order valence-corrected chi connectivity index (χ0v) is 5.83. The number of allylic oxidation sites excluding steroid dienone is 3. The molecule has 0 spiro atoms. The quantitative estimate of drug-likeness (QED) is 0.445. The molecule has 0 atom stereocenters. The molecule has 0 amide bonds. The summed E-state index contributed by atoms with van der Waals surface area (Å²) in [4.78, 5) is 1.94. The number of rotatable bonds is 3. The van der Waals surface area contributed by atoms with Gasteiger partial charge in [-0.15, -0.1) is 0 Å². The van der Waals surface area contributed by atoms with Crippen LogP contribution in [0, 0.1) is 5.41 Å². The van der Waals surface area contributed by atoms with E-state index in [1.807, 2.05) is 37.3 Å². The third kappa shape index (κ3) is 6.95. The lowest BCUT2D eigenvalue weighted by atomic mass is 10.5. The van der Waals surface area contributed by atoms with Gasteiger partial charge >= 0.3 is 0 Å². The summed E-state index contributed by atoms with van der Waals surface area (Å²) in [6.07, 6.45) is 8.53. The van der Waals surface area contributed by atoms with Gasteiger partial charge in [-0.2, -0.15) is 0 Å². The van der Waals surface area contributed by atoms with E-state index >= 15 is 0 Å². The first-order chi connectivity index (χ1) is 4.27. The zero-order valence-electron chi connectivity index (χ0n) is 5.83. The van der Waals surface area contributed by atoms with Crippen molar-refractivity contribution in [2.45, 2.75) is 0 Å². The molecule has 0 aromatic carbocycles. The van der Waals surface area contributed by atoms with Gasteiger partial charge in [-0.25, -0.2) is 0 Å². The van der Waals surface area contributed by atoms with Gasteiger partial charge in [0.25, 0.3) is 0 Å². The highest BCUT2D eigenvalue weighted by Gasteiger charge is 1.69. The van der Waals surface area contributed by atoms with Crippen molar-refractivity contribution < 1.29 is 0 Å². The van der Waals surface area contributed by atoms with Gasteiger partial charge in [-0.3, -0.25) is 0 Å². The lowest BCUT2D eigenvalue weighted by Crippen LogP contribution is -1.99. The van der Waals surface area contributed by atoms with Crippen LogP contribution in [0.1, 0.15) is 0 Å². The summed E-state index contributed by atoms with van der Waals surface area (Å²) < 4.78 is 0. The third-order valence-electron chi connectivity index (χ3n) is 0.703. The number of hydrogen-bond acceptors (Lipinski definition) is 2. The van der Waals surface area contributed by atoms with Crippen LogP contribution in [0.3, 0.4) is 0 Å². The van der Waals surface area contributed by atoms with Gasteiger partial charge in [0, 0.05) is 20.3 Å². The first-order valence-electron chi connectivity index (χ1n) is 2.77. The lowest BCUT2D eigenvalue weighted by Gasteiger charge is -2.00. The van der Waals surface area contributed by atoms with Crippen molar-refractivity contribution in [3.63, 3.8) is 0 Å². The number of nitrogens with zero attached hydrogens (tertiary/aromatic N) is 1. The Morgan fingerprint density at radius 3 is 2.22 bits per heavy atom. The van der Waals surface area contributed by atoms with Gasteiger partial charge in [0.15, 0.2) is 0 Å². The van der Waals surface area contributed by atoms with E-state index in [1.54, 1.807) is 6.08 Å². The Balaban J connectivity index is 3.46. The van der Waals surface area contributed by atoms with Crippen molar-refractivity contribution in [3.05, 3.63) is 24.4 Å². The van der Waals surface area contributed by atoms with E-state index in [4.69, 9.17) is 5.41 Å². The maximum Gasteiger partial charge on any atom is 0.0177 e. The fraction of sp³-hybridized carbons (Fsp3) is 0.286. The van der Waals surface area contributed by atoms with Gasteiger partial charge in [0.2, 0.25) is 0 Å². The van der Waals surface area contributed by atoms with Crippen molar-refractivity contribution >= 4 is 6.21 Å². The van der Waals surface area contributed by atoms with Crippen LogP contribution in [0.15, 0.2) is 24.4 Å². The van der Waals surface area contributed by atoms with Gasteiger partial charge in [0.05, 0.1) is 0 Å². The fourth-order valence-corrected chi connectivity index (χ4v) is 0.342. The molecule has 0 aromatic heterocycles. The molecular formula is C7H12N2. The van der Waals surface area contributed by atoms with Crippen LogP contribution in [0.4, 0.5) is 0 Å². The molecule has 0 unspecified atom stereocenters.